The Labute approximate surface area is 158 Å². The number of rotatable bonds is 4. The Hall–Kier alpha value is -2.91. The molecule has 3 rings (SSSR count). The number of halogens is 1. The molecule has 0 N–H and O–H groups in total. The Bertz CT molecular complexity index is 827. The van der Waals surface area contributed by atoms with Crippen molar-refractivity contribution in [1.82, 2.24) is 4.90 Å². The van der Waals surface area contributed by atoms with Crippen molar-refractivity contribution in [3.63, 3.8) is 0 Å². The molecule has 1 aliphatic rings. The van der Waals surface area contributed by atoms with Crippen molar-refractivity contribution in [3.05, 3.63) is 65.5 Å². The summed E-state index contributed by atoms with van der Waals surface area (Å²) < 4.78 is 19.6. The molecule has 0 bridgehead atoms. The van der Waals surface area contributed by atoms with Gasteiger partial charge in [-0.25, -0.2) is 9.18 Å². The van der Waals surface area contributed by atoms with E-state index in [-0.39, 0.29) is 17.4 Å². The molecule has 2 aromatic rings. The quantitative estimate of drug-likeness (QED) is 0.821. The number of carbonyl (C=O) groups excluding carboxylic acids is 1. The van der Waals surface area contributed by atoms with Gasteiger partial charge in [0.15, 0.2) is 0 Å². The predicted molar refractivity (Wildman–Crippen MR) is 101 cm³/mol. The van der Waals surface area contributed by atoms with E-state index in [9.17, 15) is 9.18 Å². The molecule has 0 saturated carbocycles. The Morgan fingerprint density at radius 1 is 1.26 bits per heavy atom. The van der Waals surface area contributed by atoms with E-state index in [4.69, 9.17) is 10.00 Å². The molecule has 0 atom stereocenters. The van der Waals surface area contributed by atoms with Crippen molar-refractivity contribution < 1.29 is 13.9 Å². The van der Waals surface area contributed by atoms with E-state index < -0.39 is 11.9 Å². The fraction of sp³-hybridized carbons (Fsp3) is 0.333. The van der Waals surface area contributed by atoms with Crippen LogP contribution in [0.4, 0.5) is 14.9 Å². The summed E-state index contributed by atoms with van der Waals surface area (Å²) in [6.45, 7) is 2.58. The summed E-state index contributed by atoms with van der Waals surface area (Å²) in [6, 6.07) is 16.1. The number of benzene rings is 2. The minimum absolute atomic E-state index is 0.0977. The first-order chi connectivity index (χ1) is 13.1. The number of amides is 1. The van der Waals surface area contributed by atoms with Gasteiger partial charge >= 0.3 is 6.09 Å². The van der Waals surface area contributed by atoms with Gasteiger partial charge in [-0.2, -0.15) is 5.26 Å². The third kappa shape index (κ3) is 4.83. The van der Waals surface area contributed by atoms with Gasteiger partial charge in [-0.05, 0) is 36.6 Å². The number of hydrogen-bond acceptors (Lipinski definition) is 4. The zero-order valence-electron chi connectivity index (χ0n) is 15.3. The Balaban J connectivity index is 1.51. The molecule has 0 aromatic heterocycles. The van der Waals surface area contributed by atoms with Crippen molar-refractivity contribution in [3.8, 4) is 6.07 Å². The second kappa shape index (κ2) is 8.65. The third-order valence-corrected chi connectivity index (χ3v) is 4.76. The van der Waals surface area contributed by atoms with Crippen LogP contribution in [0.25, 0.3) is 0 Å². The molecule has 1 amide bonds. The largest absolute Gasteiger partial charge is 0.446 e. The van der Waals surface area contributed by atoms with E-state index in [1.54, 1.807) is 0 Å². The van der Waals surface area contributed by atoms with Gasteiger partial charge in [0.2, 0.25) is 0 Å². The Kier molecular flexibility index (Phi) is 6.05. The Morgan fingerprint density at radius 2 is 1.96 bits per heavy atom. The maximum absolute atomic E-state index is 14.1. The fourth-order valence-corrected chi connectivity index (χ4v) is 3.20. The number of hydrogen-bond donors (Lipinski definition) is 0. The number of likely N-dealkylation sites (tertiary alicyclic amines) is 1. The molecule has 1 aliphatic heterocycles. The standard InChI is InChI=1S/C21H22FN3O2/c1-24(20-8-7-17(14-23)13-19(20)22)21(26)27-18-9-11-25(12-10-18)15-16-5-3-2-4-6-16/h2-8,13,18H,9-12,15H2,1H3. The summed E-state index contributed by atoms with van der Waals surface area (Å²) in [5.41, 5.74) is 1.58. The maximum atomic E-state index is 14.1. The molecule has 0 radical (unpaired) electrons. The number of piperidine rings is 1. The zero-order chi connectivity index (χ0) is 19.2. The van der Waals surface area contributed by atoms with Crippen LogP contribution in [0.15, 0.2) is 48.5 Å². The molecule has 1 fully saturated rings. The topological polar surface area (TPSA) is 56.6 Å². The average molecular weight is 367 g/mol. The smallest absolute Gasteiger partial charge is 0.414 e. The summed E-state index contributed by atoms with van der Waals surface area (Å²) in [6.07, 6.45) is 0.749. The fourth-order valence-electron chi connectivity index (χ4n) is 3.20. The summed E-state index contributed by atoms with van der Waals surface area (Å²) in [4.78, 5) is 15.8. The van der Waals surface area contributed by atoms with E-state index in [1.807, 2.05) is 24.3 Å². The highest BCUT2D eigenvalue weighted by atomic mass is 19.1. The molecule has 6 heteroatoms. The molecule has 1 heterocycles. The van der Waals surface area contributed by atoms with Crippen molar-refractivity contribution >= 4 is 11.8 Å². The van der Waals surface area contributed by atoms with Crippen LogP contribution in [0.1, 0.15) is 24.0 Å². The molecule has 0 unspecified atom stereocenters. The van der Waals surface area contributed by atoms with Crippen LogP contribution >= 0.6 is 0 Å². The first kappa shape index (κ1) is 18.9. The highest BCUT2D eigenvalue weighted by Gasteiger charge is 2.25. The van der Waals surface area contributed by atoms with Gasteiger partial charge < -0.3 is 4.74 Å². The van der Waals surface area contributed by atoms with Crippen LogP contribution in [-0.4, -0.2) is 37.2 Å². The highest BCUT2D eigenvalue weighted by Crippen LogP contribution is 2.22. The molecular formula is C21H22FN3O2. The van der Waals surface area contributed by atoms with Gasteiger partial charge in [-0.1, -0.05) is 30.3 Å². The zero-order valence-corrected chi connectivity index (χ0v) is 15.3. The summed E-state index contributed by atoms with van der Waals surface area (Å²) >= 11 is 0. The summed E-state index contributed by atoms with van der Waals surface area (Å²) in [5, 5.41) is 8.81. The first-order valence-electron chi connectivity index (χ1n) is 8.97. The van der Waals surface area contributed by atoms with Crippen molar-refractivity contribution in [2.75, 3.05) is 25.0 Å². The molecule has 0 aliphatic carbocycles. The first-order valence-corrected chi connectivity index (χ1v) is 8.97. The monoisotopic (exact) mass is 367 g/mol. The van der Waals surface area contributed by atoms with Gasteiger partial charge in [0, 0.05) is 26.7 Å². The minimum atomic E-state index is -0.619. The van der Waals surface area contributed by atoms with E-state index in [0.717, 1.165) is 43.4 Å². The number of nitrogens with zero attached hydrogens (tertiary/aromatic N) is 3. The third-order valence-electron chi connectivity index (χ3n) is 4.76. The lowest BCUT2D eigenvalue weighted by atomic mass is 10.1. The number of ether oxygens (including phenoxy) is 1. The van der Waals surface area contributed by atoms with Crippen LogP contribution < -0.4 is 4.90 Å². The minimum Gasteiger partial charge on any atom is -0.446 e. The van der Waals surface area contributed by atoms with Crippen LogP contribution in [0.2, 0.25) is 0 Å². The van der Waals surface area contributed by atoms with Crippen LogP contribution in [-0.2, 0) is 11.3 Å². The van der Waals surface area contributed by atoms with Gasteiger partial charge in [-0.15, -0.1) is 0 Å². The van der Waals surface area contributed by atoms with Crippen molar-refractivity contribution in [2.24, 2.45) is 0 Å². The molecule has 2 aromatic carbocycles. The molecule has 140 valence electrons. The van der Waals surface area contributed by atoms with Gasteiger partial charge in [0.1, 0.15) is 11.9 Å². The number of carbonyl (C=O) groups is 1. The van der Waals surface area contributed by atoms with Gasteiger partial charge in [0.25, 0.3) is 0 Å². The average Bonchev–Trinajstić information content (AvgIpc) is 2.69. The summed E-state index contributed by atoms with van der Waals surface area (Å²) in [5.74, 6) is -0.619. The van der Waals surface area contributed by atoms with Crippen LogP contribution in [0, 0.1) is 17.1 Å². The normalized spacial score (nSPS) is 15.1. The van der Waals surface area contributed by atoms with Gasteiger partial charge in [-0.3, -0.25) is 9.80 Å². The number of anilines is 1. The van der Waals surface area contributed by atoms with Gasteiger partial charge in [0.05, 0.1) is 17.3 Å². The van der Waals surface area contributed by atoms with E-state index in [0.29, 0.717) is 0 Å². The molecule has 0 spiro atoms. The predicted octanol–water partition coefficient (Wildman–Crippen LogP) is 3.93. The molecule has 5 nitrogen and oxygen atoms in total. The Morgan fingerprint density at radius 3 is 2.59 bits per heavy atom. The lowest BCUT2D eigenvalue weighted by Crippen LogP contribution is -2.39. The number of nitriles is 1. The lowest BCUT2D eigenvalue weighted by Gasteiger charge is -2.32. The molecule has 1 saturated heterocycles. The maximum Gasteiger partial charge on any atom is 0.414 e. The van der Waals surface area contributed by atoms with Crippen molar-refractivity contribution in [1.29, 1.82) is 5.26 Å². The summed E-state index contributed by atoms with van der Waals surface area (Å²) in [7, 11) is 1.47. The molecule has 27 heavy (non-hydrogen) atoms. The second-order valence-corrected chi connectivity index (χ2v) is 6.68. The van der Waals surface area contributed by atoms with E-state index in [2.05, 4.69) is 17.0 Å². The van der Waals surface area contributed by atoms with Crippen molar-refractivity contribution in [2.45, 2.75) is 25.5 Å². The van der Waals surface area contributed by atoms with Crippen LogP contribution in [0.3, 0.4) is 0 Å². The van der Waals surface area contributed by atoms with Crippen LogP contribution in [0.5, 0.6) is 0 Å². The SMILES string of the molecule is CN(C(=O)OC1CCN(Cc2ccccc2)CC1)c1ccc(C#N)cc1F. The van der Waals surface area contributed by atoms with E-state index in [1.165, 1.54) is 24.7 Å². The highest BCUT2D eigenvalue weighted by molar-refractivity contribution is 5.87. The van der Waals surface area contributed by atoms with E-state index >= 15 is 0 Å². The molecular weight excluding hydrogens is 345 g/mol. The second-order valence-electron chi connectivity index (χ2n) is 6.68. The lowest BCUT2D eigenvalue weighted by molar-refractivity contribution is 0.0532.